The van der Waals surface area contributed by atoms with Gasteiger partial charge in [-0.15, -0.1) is 0 Å². The van der Waals surface area contributed by atoms with Gasteiger partial charge in [-0.3, -0.25) is 9.78 Å². The highest BCUT2D eigenvalue weighted by atomic mass is 16.5. The molecule has 0 saturated carbocycles. The van der Waals surface area contributed by atoms with Crippen molar-refractivity contribution in [1.29, 1.82) is 0 Å². The van der Waals surface area contributed by atoms with Crippen molar-refractivity contribution in [2.24, 2.45) is 0 Å². The van der Waals surface area contributed by atoms with Crippen molar-refractivity contribution in [3.8, 4) is 5.75 Å². The number of rotatable bonds is 3. The van der Waals surface area contributed by atoms with Crippen molar-refractivity contribution < 1.29 is 9.53 Å². The Morgan fingerprint density at radius 3 is 2.92 bits per heavy atom. The van der Waals surface area contributed by atoms with Crippen molar-refractivity contribution in [2.75, 3.05) is 0 Å². The van der Waals surface area contributed by atoms with Crippen LogP contribution in [0.2, 0.25) is 0 Å². The van der Waals surface area contributed by atoms with E-state index < -0.39 is 0 Å². The van der Waals surface area contributed by atoms with E-state index in [1.54, 1.807) is 12.4 Å². The van der Waals surface area contributed by atoms with Crippen LogP contribution < -0.4 is 4.74 Å². The number of pyridine rings is 1. The van der Waals surface area contributed by atoms with E-state index in [1.165, 1.54) is 6.92 Å². The van der Waals surface area contributed by atoms with Crippen LogP contribution in [0.3, 0.4) is 0 Å². The summed E-state index contributed by atoms with van der Waals surface area (Å²) >= 11 is 0. The Hall–Kier alpha value is -1.38. The summed E-state index contributed by atoms with van der Waals surface area (Å²) < 4.78 is 4.90. The van der Waals surface area contributed by atoms with Gasteiger partial charge in [0.2, 0.25) is 0 Å². The molecule has 0 aliphatic rings. The van der Waals surface area contributed by atoms with Crippen molar-refractivity contribution >= 4 is 5.97 Å². The fourth-order valence-corrected chi connectivity index (χ4v) is 1.11. The maximum Gasteiger partial charge on any atom is 0.308 e. The highest BCUT2D eigenvalue weighted by molar-refractivity contribution is 5.69. The van der Waals surface area contributed by atoms with E-state index >= 15 is 0 Å². The third-order valence-electron chi connectivity index (χ3n) is 1.57. The van der Waals surface area contributed by atoms with Gasteiger partial charge in [0.05, 0.1) is 6.20 Å². The lowest BCUT2D eigenvalue weighted by molar-refractivity contribution is -0.131. The van der Waals surface area contributed by atoms with E-state index in [2.05, 4.69) is 11.9 Å². The Balaban J connectivity index is 2.73. The van der Waals surface area contributed by atoms with Crippen LogP contribution in [0.1, 0.15) is 25.8 Å². The van der Waals surface area contributed by atoms with Gasteiger partial charge in [0.1, 0.15) is 5.75 Å². The van der Waals surface area contributed by atoms with Crippen LogP contribution in [0.5, 0.6) is 5.75 Å². The molecule has 3 nitrogen and oxygen atoms in total. The maximum atomic E-state index is 10.6. The molecule has 13 heavy (non-hydrogen) atoms. The molecule has 70 valence electrons. The highest BCUT2D eigenvalue weighted by Crippen LogP contribution is 2.12. The molecule has 0 saturated heterocycles. The molecule has 0 spiro atoms. The molecule has 0 unspecified atom stereocenters. The van der Waals surface area contributed by atoms with Crippen LogP contribution in [0.4, 0.5) is 0 Å². The second-order valence-corrected chi connectivity index (χ2v) is 2.87. The molecule has 0 amide bonds. The summed E-state index contributed by atoms with van der Waals surface area (Å²) in [6, 6.07) is 1.85. The Labute approximate surface area is 77.8 Å². The van der Waals surface area contributed by atoms with Gasteiger partial charge >= 0.3 is 5.97 Å². The number of carbonyl (C=O) groups is 1. The molecule has 0 aliphatic heterocycles. The molecule has 1 heterocycles. The Bertz CT molecular complexity index is 297. The number of esters is 1. The number of hydrogen-bond acceptors (Lipinski definition) is 3. The second kappa shape index (κ2) is 4.60. The first-order valence-electron chi connectivity index (χ1n) is 4.34. The Kier molecular flexibility index (Phi) is 3.43. The standard InChI is InChI=1S/C10H13NO2/c1-3-4-9-5-10(7-11-6-9)13-8(2)12/h5-7H,3-4H2,1-2H3. The van der Waals surface area contributed by atoms with Gasteiger partial charge in [-0.1, -0.05) is 13.3 Å². The fourth-order valence-electron chi connectivity index (χ4n) is 1.11. The molecule has 0 fully saturated rings. The molecule has 0 aromatic carbocycles. The average molecular weight is 179 g/mol. The smallest absolute Gasteiger partial charge is 0.308 e. The minimum absolute atomic E-state index is 0.310. The van der Waals surface area contributed by atoms with Gasteiger partial charge in [0.15, 0.2) is 0 Å². The first kappa shape index (κ1) is 9.71. The van der Waals surface area contributed by atoms with Crippen molar-refractivity contribution in [2.45, 2.75) is 26.7 Å². The molecule has 0 aliphatic carbocycles. The summed E-state index contributed by atoms with van der Waals surface area (Å²) in [6.45, 7) is 3.48. The number of aromatic nitrogens is 1. The van der Waals surface area contributed by atoms with E-state index in [0.717, 1.165) is 18.4 Å². The molecule has 0 radical (unpaired) electrons. The predicted octanol–water partition coefficient (Wildman–Crippen LogP) is 1.96. The zero-order chi connectivity index (χ0) is 9.68. The van der Waals surface area contributed by atoms with E-state index in [4.69, 9.17) is 4.74 Å². The van der Waals surface area contributed by atoms with Crippen molar-refractivity contribution in [3.63, 3.8) is 0 Å². The minimum atomic E-state index is -0.310. The average Bonchev–Trinajstić information content (AvgIpc) is 2.04. The van der Waals surface area contributed by atoms with Gasteiger partial charge in [-0.2, -0.15) is 0 Å². The predicted molar refractivity (Wildman–Crippen MR) is 49.5 cm³/mol. The Morgan fingerprint density at radius 1 is 1.54 bits per heavy atom. The molecule has 1 aromatic rings. The number of aryl methyl sites for hydroxylation is 1. The summed E-state index contributed by atoms with van der Waals surface area (Å²) in [7, 11) is 0. The van der Waals surface area contributed by atoms with Gasteiger partial charge in [0.25, 0.3) is 0 Å². The normalized spacial score (nSPS) is 9.69. The van der Waals surface area contributed by atoms with Crippen LogP contribution in [0, 0.1) is 0 Å². The topological polar surface area (TPSA) is 39.2 Å². The Morgan fingerprint density at radius 2 is 2.31 bits per heavy atom. The number of carbonyl (C=O) groups excluding carboxylic acids is 1. The highest BCUT2D eigenvalue weighted by Gasteiger charge is 1.99. The van der Waals surface area contributed by atoms with Crippen LogP contribution in [0.25, 0.3) is 0 Å². The van der Waals surface area contributed by atoms with Crippen molar-refractivity contribution in [1.82, 2.24) is 4.98 Å². The van der Waals surface area contributed by atoms with Crippen LogP contribution in [-0.4, -0.2) is 11.0 Å². The van der Waals surface area contributed by atoms with Crippen molar-refractivity contribution in [3.05, 3.63) is 24.0 Å². The van der Waals surface area contributed by atoms with Gasteiger partial charge in [-0.05, 0) is 18.1 Å². The number of hydrogen-bond donors (Lipinski definition) is 0. The molecule has 1 aromatic heterocycles. The van der Waals surface area contributed by atoms with Crippen LogP contribution in [-0.2, 0) is 11.2 Å². The summed E-state index contributed by atoms with van der Waals surface area (Å²) in [5.74, 6) is 0.217. The summed E-state index contributed by atoms with van der Waals surface area (Å²) in [6.07, 6.45) is 5.35. The summed E-state index contributed by atoms with van der Waals surface area (Å²) in [5, 5.41) is 0. The van der Waals surface area contributed by atoms with Gasteiger partial charge < -0.3 is 4.74 Å². The van der Waals surface area contributed by atoms with E-state index in [0.29, 0.717) is 5.75 Å². The molecule has 0 bridgehead atoms. The lowest BCUT2D eigenvalue weighted by Gasteiger charge is -2.02. The molecular weight excluding hydrogens is 166 g/mol. The van der Waals surface area contributed by atoms with E-state index in [1.807, 2.05) is 6.07 Å². The monoisotopic (exact) mass is 179 g/mol. The third kappa shape index (κ3) is 3.23. The lowest BCUT2D eigenvalue weighted by atomic mass is 10.2. The van der Waals surface area contributed by atoms with E-state index in [-0.39, 0.29) is 5.97 Å². The largest absolute Gasteiger partial charge is 0.425 e. The lowest BCUT2D eigenvalue weighted by Crippen LogP contribution is -2.02. The molecule has 0 N–H and O–H groups in total. The van der Waals surface area contributed by atoms with E-state index in [9.17, 15) is 4.79 Å². The van der Waals surface area contributed by atoms with Crippen LogP contribution in [0.15, 0.2) is 18.5 Å². The molecule has 1 rings (SSSR count). The second-order valence-electron chi connectivity index (χ2n) is 2.87. The fraction of sp³-hybridized carbons (Fsp3) is 0.400. The van der Waals surface area contributed by atoms with Crippen LogP contribution >= 0.6 is 0 Å². The summed E-state index contributed by atoms with van der Waals surface area (Å²) in [5.41, 5.74) is 1.10. The third-order valence-corrected chi connectivity index (χ3v) is 1.57. The number of nitrogens with zero attached hydrogens (tertiary/aromatic N) is 1. The molecule has 3 heteroatoms. The molecule has 0 atom stereocenters. The van der Waals surface area contributed by atoms with Gasteiger partial charge in [0, 0.05) is 13.1 Å². The number of ether oxygens (including phenoxy) is 1. The molecular formula is C10H13NO2. The zero-order valence-electron chi connectivity index (χ0n) is 7.91. The first-order valence-corrected chi connectivity index (χ1v) is 4.34. The quantitative estimate of drug-likeness (QED) is 0.666. The maximum absolute atomic E-state index is 10.6. The zero-order valence-corrected chi connectivity index (χ0v) is 7.91. The minimum Gasteiger partial charge on any atom is -0.425 e. The summed E-state index contributed by atoms with van der Waals surface area (Å²) in [4.78, 5) is 14.6. The van der Waals surface area contributed by atoms with Gasteiger partial charge in [-0.25, -0.2) is 0 Å². The first-order chi connectivity index (χ1) is 6.22. The SMILES string of the molecule is CCCc1cncc(OC(C)=O)c1.